The van der Waals surface area contributed by atoms with Crippen LogP contribution < -0.4 is 10.5 Å². The highest BCUT2D eigenvalue weighted by molar-refractivity contribution is 6.24. The summed E-state index contributed by atoms with van der Waals surface area (Å²) in [6.07, 6.45) is 6.17. The monoisotopic (exact) mass is 415 g/mol. The fourth-order valence-corrected chi connectivity index (χ4v) is 2.97. The molecule has 6 nitrogen and oxygen atoms in total. The van der Waals surface area contributed by atoms with Crippen LogP contribution in [-0.4, -0.2) is 35.8 Å². The first kappa shape index (κ1) is 21.8. The van der Waals surface area contributed by atoms with E-state index in [9.17, 15) is 9.59 Å². The molecular weight excluding hydrogens is 390 g/mol. The van der Waals surface area contributed by atoms with Gasteiger partial charge in [-0.05, 0) is 59.5 Å². The van der Waals surface area contributed by atoms with Gasteiger partial charge in [-0.15, -0.1) is 0 Å². The number of aryl methyl sites for hydroxylation is 1. The van der Waals surface area contributed by atoms with E-state index >= 15 is 0 Å². The van der Waals surface area contributed by atoms with Gasteiger partial charge in [-0.2, -0.15) is 0 Å². The number of carbonyl (C=O) groups is 2. The zero-order valence-corrected chi connectivity index (χ0v) is 17.6. The van der Waals surface area contributed by atoms with Crippen LogP contribution >= 0.6 is 0 Å². The van der Waals surface area contributed by atoms with E-state index in [1.165, 1.54) is 0 Å². The average molecular weight is 415 g/mol. The third-order valence-electron chi connectivity index (χ3n) is 4.62. The number of hydrogen-bond donors (Lipinski definition) is 1. The van der Waals surface area contributed by atoms with Crippen LogP contribution in [0.2, 0.25) is 0 Å². The fourth-order valence-electron chi connectivity index (χ4n) is 2.97. The lowest BCUT2D eigenvalue weighted by Crippen LogP contribution is -2.22. The first-order valence-electron chi connectivity index (χ1n) is 9.91. The Morgan fingerprint density at radius 2 is 1.65 bits per heavy atom. The van der Waals surface area contributed by atoms with Crippen molar-refractivity contribution in [3.8, 4) is 11.5 Å². The number of nitrogens with two attached hydrogens (primary N) is 1. The van der Waals surface area contributed by atoms with Crippen LogP contribution in [0.25, 0.3) is 11.6 Å². The zero-order chi connectivity index (χ0) is 22.2. The van der Waals surface area contributed by atoms with Gasteiger partial charge in [0.25, 0.3) is 5.91 Å². The summed E-state index contributed by atoms with van der Waals surface area (Å²) in [7, 11) is 3.45. The largest absolute Gasteiger partial charge is 0.457 e. The highest BCUT2D eigenvalue weighted by Crippen LogP contribution is 2.26. The standard InChI is InChI=1S/C25H25N3O3/c1-28(2)25(30)23(16-19-4-3-15-27-17-19)20-8-12-22(13-9-20)31-21-10-5-18(6-11-21)7-14-24(26)29/h3-6,8-13,15-17H,7,14H2,1-2H3,(H2,26,29)/b23-16+. The smallest absolute Gasteiger partial charge is 0.253 e. The van der Waals surface area contributed by atoms with Crippen LogP contribution in [-0.2, 0) is 16.0 Å². The molecule has 0 aliphatic carbocycles. The number of primary amides is 1. The molecule has 0 radical (unpaired) electrons. The summed E-state index contributed by atoms with van der Waals surface area (Å²) in [6.45, 7) is 0. The van der Waals surface area contributed by atoms with E-state index in [-0.39, 0.29) is 11.8 Å². The van der Waals surface area contributed by atoms with Crippen molar-refractivity contribution < 1.29 is 14.3 Å². The number of nitrogens with zero attached hydrogens (tertiary/aromatic N) is 2. The molecule has 2 aromatic carbocycles. The van der Waals surface area contributed by atoms with Crippen molar-refractivity contribution in [3.63, 3.8) is 0 Å². The molecule has 3 aromatic rings. The molecule has 0 spiro atoms. The van der Waals surface area contributed by atoms with E-state index < -0.39 is 0 Å². The summed E-state index contributed by atoms with van der Waals surface area (Å²) in [6, 6.07) is 18.7. The minimum absolute atomic E-state index is 0.0935. The third-order valence-corrected chi connectivity index (χ3v) is 4.62. The maximum Gasteiger partial charge on any atom is 0.253 e. The Morgan fingerprint density at radius 3 is 2.19 bits per heavy atom. The summed E-state index contributed by atoms with van der Waals surface area (Å²) in [5.74, 6) is 0.937. The van der Waals surface area contributed by atoms with E-state index in [4.69, 9.17) is 10.5 Å². The van der Waals surface area contributed by atoms with Crippen LogP contribution in [0.5, 0.6) is 11.5 Å². The molecule has 0 fully saturated rings. The predicted octanol–water partition coefficient (Wildman–Crippen LogP) is 3.92. The second-order valence-corrected chi connectivity index (χ2v) is 7.28. The minimum atomic E-state index is -0.315. The maximum absolute atomic E-state index is 12.7. The minimum Gasteiger partial charge on any atom is -0.457 e. The number of likely N-dealkylation sites (N-methyl/N-ethyl adjacent to an activating group) is 1. The van der Waals surface area contributed by atoms with E-state index in [1.807, 2.05) is 66.7 Å². The number of carbonyl (C=O) groups excluding carboxylic acids is 2. The number of ether oxygens (including phenoxy) is 1. The molecule has 0 atom stereocenters. The van der Waals surface area contributed by atoms with Gasteiger partial charge in [0.05, 0.1) is 0 Å². The van der Waals surface area contributed by atoms with E-state index in [1.54, 1.807) is 31.4 Å². The number of rotatable bonds is 8. The van der Waals surface area contributed by atoms with Crippen LogP contribution in [0.4, 0.5) is 0 Å². The summed E-state index contributed by atoms with van der Waals surface area (Å²) >= 11 is 0. The van der Waals surface area contributed by atoms with Crippen LogP contribution in [0.3, 0.4) is 0 Å². The Morgan fingerprint density at radius 1 is 1.00 bits per heavy atom. The molecule has 1 heterocycles. The van der Waals surface area contributed by atoms with Crippen molar-refractivity contribution in [1.29, 1.82) is 0 Å². The fraction of sp³-hybridized carbons (Fsp3) is 0.160. The molecule has 0 unspecified atom stereocenters. The van der Waals surface area contributed by atoms with Crippen LogP contribution in [0, 0.1) is 0 Å². The zero-order valence-electron chi connectivity index (χ0n) is 17.6. The highest BCUT2D eigenvalue weighted by atomic mass is 16.5. The van der Waals surface area contributed by atoms with Crippen molar-refractivity contribution in [1.82, 2.24) is 9.88 Å². The van der Waals surface area contributed by atoms with Crippen molar-refractivity contribution in [3.05, 3.63) is 89.7 Å². The number of amides is 2. The summed E-state index contributed by atoms with van der Waals surface area (Å²) < 4.78 is 5.90. The lowest BCUT2D eigenvalue weighted by Gasteiger charge is -2.15. The number of pyridine rings is 1. The Bertz CT molecular complexity index is 1060. The molecular formula is C25H25N3O3. The number of aromatic nitrogens is 1. The summed E-state index contributed by atoms with van der Waals surface area (Å²) in [5.41, 5.74) is 8.42. The molecule has 158 valence electrons. The van der Waals surface area contributed by atoms with Gasteiger partial charge in [0, 0.05) is 38.5 Å². The number of hydrogen-bond acceptors (Lipinski definition) is 4. The Kier molecular flexibility index (Phi) is 7.17. The highest BCUT2D eigenvalue weighted by Gasteiger charge is 2.14. The predicted molar refractivity (Wildman–Crippen MR) is 121 cm³/mol. The van der Waals surface area contributed by atoms with E-state index in [0.717, 1.165) is 16.7 Å². The van der Waals surface area contributed by atoms with Gasteiger partial charge in [0.1, 0.15) is 11.5 Å². The topological polar surface area (TPSA) is 85.5 Å². The first-order valence-corrected chi connectivity index (χ1v) is 9.91. The number of benzene rings is 2. The SMILES string of the molecule is CN(C)C(=O)/C(=C/c1cccnc1)c1ccc(Oc2ccc(CCC(N)=O)cc2)cc1. The molecule has 0 aliphatic rings. The normalized spacial score (nSPS) is 11.1. The second kappa shape index (κ2) is 10.2. The quantitative estimate of drug-likeness (QED) is 0.565. The summed E-state index contributed by atoms with van der Waals surface area (Å²) in [5, 5.41) is 0. The van der Waals surface area contributed by atoms with Gasteiger partial charge in [0.2, 0.25) is 5.91 Å². The molecule has 0 bridgehead atoms. The Labute approximate surface area is 182 Å². The molecule has 0 aliphatic heterocycles. The average Bonchev–Trinajstić information content (AvgIpc) is 2.78. The van der Waals surface area contributed by atoms with Gasteiger partial charge in [-0.25, -0.2) is 0 Å². The van der Waals surface area contributed by atoms with Crippen molar-refractivity contribution in [2.45, 2.75) is 12.8 Å². The molecule has 0 saturated heterocycles. The molecule has 0 saturated carbocycles. The molecule has 2 amide bonds. The van der Waals surface area contributed by atoms with Crippen LogP contribution in [0.1, 0.15) is 23.1 Å². The molecule has 31 heavy (non-hydrogen) atoms. The maximum atomic E-state index is 12.7. The van der Waals surface area contributed by atoms with Gasteiger partial charge in [0.15, 0.2) is 0 Å². The Balaban J connectivity index is 1.76. The van der Waals surface area contributed by atoms with Gasteiger partial charge < -0.3 is 15.4 Å². The first-order chi connectivity index (χ1) is 14.9. The second-order valence-electron chi connectivity index (χ2n) is 7.28. The van der Waals surface area contributed by atoms with Crippen molar-refractivity contribution in [2.75, 3.05) is 14.1 Å². The van der Waals surface area contributed by atoms with Gasteiger partial charge in [-0.1, -0.05) is 30.3 Å². The summed E-state index contributed by atoms with van der Waals surface area (Å²) in [4.78, 5) is 29.3. The van der Waals surface area contributed by atoms with Gasteiger partial charge in [-0.3, -0.25) is 14.6 Å². The van der Waals surface area contributed by atoms with Crippen LogP contribution in [0.15, 0.2) is 73.1 Å². The molecule has 2 N–H and O–H groups in total. The third kappa shape index (κ3) is 6.27. The molecule has 3 rings (SSSR count). The van der Waals surface area contributed by atoms with E-state index in [2.05, 4.69) is 4.98 Å². The van der Waals surface area contributed by atoms with Crippen molar-refractivity contribution >= 4 is 23.5 Å². The lowest BCUT2D eigenvalue weighted by atomic mass is 10.0. The molecule has 1 aromatic heterocycles. The van der Waals surface area contributed by atoms with Crippen molar-refractivity contribution in [2.24, 2.45) is 5.73 Å². The van der Waals surface area contributed by atoms with Gasteiger partial charge >= 0.3 is 0 Å². The van der Waals surface area contributed by atoms with E-state index in [0.29, 0.717) is 29.9 Å². The Hall–Kier alpha value is -3.93. The molecule has 6 heteroatoms. The lowest BCUT2D eigenvalue weighted by molar-refractivity contribution is -0.122.